The van der Waals surface area contributed by atoms with E-state index in [-0.39, 0.29) is 27.8 Å². The summed E-state index contributed by atoms with van der Waals surface area (Å²) in [4.78, 5) is 11.9. The maximum Gasteiger partial charge on any atom is 0.192 e. The molecule has 0 aliphatic carbocycles. The van der Waals surface area contributed by atoms with Crippen LogP contribution in [0, 0.1) is 5.82 Å². The Morgan fingerprint density at radius 3 is 2.65 bits per heavy atom. The summed E-state index contributed by atoms with van der Waals surface area (Å²) in [6, 6.07) is 2.20. The van der Waals surface area contributed by atoms with E-state index in [1.807, 2.05) is 0 Å². The predicted octanol–water partition coefficient (Wildman–Crippen LogP) is 3.91. The zero-order valence-electron chi connectivity index (χ0n) is 9.23. The number of ether oxygens (including phenoxy) is 1. The summed E-state index contributed by atoms with van der Waals surface area (Å²) in [5.41, 5.74) is 0.258. The van der Waals surface area contributed by atoms with E-state index in [4.69, 9.17) is 27.9 Å². The van der Waals surface area contributed by atoms with E-state index >= 15 is 0 Å². The predicted molar refractivity (Wildman–Crippen MR) is 66.4 cm³/mol. The summed E-state index contributed by atoms with van der Waals surface area (Å²) in [6.07, 6.45) is 0. The number of Topliss-reactive ketones (excluding diaryl/α,β-unsaturated/α-hetero) is 1. The number of carbonyl (C=O) groups excluding carboxylic acids is 1. The number of hydrogen-bond donors (Lipinski definition) is 0. The van der Waals surface area contributed by atoms with Gasteiger partial charge in [-0.2, -0.15) is 0 Å². The summed E-state index contributed by atoms with van der Waals surface area (Å²) in [5, 5.41) is -0.0268. The number of benzene rings is 1. The normalized spacial score (nSPS) is 10.4. The van der Waals surface area contributed by atoms with E-state index in [0.717, 1.165) is 6.07 Å². The van der Waals surface area contributed by atoms with Crippen LogP contribution in [0.4, 0.5) is 4.39 Å². The molecule has 92 valence electrons. The molecule has 0 saturated carbocycles. The largest absolute Gasteiger partial charge is 0.377 e. The zero-order chi connectivity index (χ0) is 13.0. The maximum absolute atomic E-state index is 13.2. The van der Waals surface area contributed by atoms with Crippen LogP contribution in [-0.4, -0.2) is 19.0 Å². The molecule has 0 bridgehead atoms. The van der Waals surface area contributed by atoms with Gasteiger partial charge < -0.3 is 4.74 Å². The highest BCUT2D eigenvalue weighted by molar-refractivity contribution is 6.37. The van der Waals surface area contributed by atoms with Gasteiger partial charge in [0, 0.05) is 17.7 Å². The molecule has 0 amide bonds. The van der Waals surface area contributed by atoms with Crippen molar-refractivity contribution in [1.29, 1.82) is 0 Å². The first kappa shape index (κ1) is 14.2. The SMILES string of the molecule is C=C(COCC)C(=O)c1cc(F)c(Cl)cc1Cl. The second kappa shape index (κ2) is 6.15. The van der Waals surface area contributed by atoms with Crippen molar-refractivity contribution in [3.63, 3.8) is 0 Å². The van der Waals surface area contributed by atoms with Crippen molar-refractivity contribution in [3.05, 3.63) is 45.7 Å². The van der Waals surface area contributed by atoms with E-state index in [1.165, 1.54) is 6.07 Å². The lowest BCUT2D eigenvalue weighted by Gasteiger charge is -2.07. The molecule has 2 nitrogen and oxygen atoms in total. The lowest BCUT2D eigenvalue weighted by molar-refractivity contribution is 0.0991. The molecule has 0 radical (unpaired) electrons. The average Bonchev–Trinajstić information content (AvgIpc) is 2.29. The van der Waals surface area contributed by atoms with Gasteiger partial charge in [-0.1, -0.05) is 29.8 Å². The quantitative estimate of drug-likeness (QED) is 0.463. The van der Waals surface area contributed by atoms with Crippen molar-refractivity contribution < 1.29 is 13.9 Å². The summed E-state index contributed by atoms with van der Waals surface area (Å²) in [7, 11) is 0. The van der Waals surface area contributed by atoms with Crippen LogP contribution in [0.3, 0.4) is 0 Å². The second-order valence-corrected chi connectivity index (χ2v) is 4.13. The monoisotopic (exact) mass is 276 g/mol. The van der Waals surface area contributed by atoms with E-state index in [2.05, 4.69) is 6.58 Å². The zero-order valence-corrected chi connectivity index (χ0v) is 10.7. The standard InChI is InChI=1S/C12H11Cl2FO2/c1-3-17-6-7(2)12(16)8-4-11(15)10(14)5-9(8)13/h4-5H,2-3,6H2,1H3. The van der Waals surface area contributed by atoms with E-state index < -0.39 is 11.6 Å². The van der Waals surface area contributed by atoms with E-state index in [1.54, 1.807) is 6.92 Å². The Morgan fingerprint density at radius 2 is 2.06 bits per heavy atom. The first-order valence-corrected chi connectivity index (χ1v) is 5.67. The van der Waals surface area contributed by atoms with Crippen molar-refractivity contribution >= 4 is 29.0 Å². The van der Waals surface area contributed by atoms with Crippen LogP contribution in [0.1, 0.15) is 17.3 Å². The number of rotatable bonds is 5. The van der Waals surface area contributed by atoms with Gasteiger partial charge in [0.05, 0.1) is 16.7 Å². The molecule has 0 N–H and O–H groups in total. The van der Waals surface area contributed by atoms with Gasteiger partial charge in [-0.15, -0.1) is 0 Å². The van der Waals surface area contributed by atoms with Gasteiger partial charge in [-0.25, -0.2) is 4.39 Å². The minimum atomic E-state index is -0.691. The van der Waals surface area contributed by atoms with Crippen molar-refractivity contribution in [2.45, 2.75) is 6.92 Å². The molecule has 1 aromatic carbocycles. The molecule has 0 aliphatic rings. The third-order valence-corrected chi connectivity index (χ3v) is 2.66. The Kier molecular flexibility index (Phi) is 5.12. The van der Waals surface area contributed by atoms with Gasteiger partial charge in [-0.3, -0.25) is 4.79 Å². The molecule has 0 atom stereocenters. The molecule has 0 unspecified atom stereocenters. The third-order valence-electron chi connectivity index (χ3n) is 2.06. The molecule has 17 heavy (non-hydrogen) atoms. The van der Waals surface area contributed by atoms with Crippen molar-refractivity contribution in [2.24, 2.45) is 0 Å². The van der Waals surface area contributed by atoms with Crippen molar-refractivity contribution in [1.82, 2.24) is 0 Å². The number of halogens is 3. The van der Waals surface area contributed by atoms with Crippen LogP contribution in [0.25, 0.3) is 0 Å². The Balaban J connectivity index is 2.96. The fraction of sp³-hybridized carbons (Fsp3) is 0.250. The molecule has 0 spiro atoms. The summed E-state index contributed by atoms with van der Waals surface area (Å²) >= 11 is 11.4. The van der Waals surface area contributed by atoms with E-state index in [9.17, 15) is 9.18 Å². The van der Waals surface area contributed by atoms with Crippen LogP contribution < -0.4 is 0 Å². The Morgan fingerprint density at radius 1 is 1.41 bits per heavy atom. The van der Waals surface area contributed by atoms with Gasteiger partial charge in [0.15, 0.2) is 5.78 Å². The molecule has 0 aliphatic heterocycles. The summed E-state index contributed by atoms with van der Waals surface area (Å²) < 4.78 is 18.3. The summed E-state index contributed by atoms with van der Waals surface area (Å²) in [6.45, 7) is 5.93. The number of hydrogen-bond acceptors (Lipinski definition) is 2. The Hall–Kier alpha value is -0.900. The smallest absolute Gasteiger partial charge is 0.192 e. The molecule has 0 saturated heterocycles. The van der Waals surface area contributed by atoms with Crippen LogP contribution in [-0.2, 0) is 4.74 Å². The van der Waals surface area contributed by atoms with Crippen LogP contribution >= 0.6 is 23.2 Å². The van der Waals surface area contributed by atoms with Gasteiger partial charge in [0.2, 0.25) is 0 Å². The average molecular weight is 277 g/mol. The van der Waals surface area contributed by atoms with Crippen LogP contribution in [0.15, 0.2) is 24.3 Å². The van der Waals surface area contributed by atoms with Gasteiger partial charge in [-0.05, 0) is 19.1 Å². The molecular weight excluding hydrogens is 266 g/mol. The minimum absolute atomic E-state index is 0.0401. The minimum Gasteiger partial charge on any atom is -0.377 e. The van der Waals surface area contributed by atoms with Gasteiger partial charge in [0.1, 0.15) is 5.82 Å². The van der Waals surface area contributed by atoms with Gasteiger partial charge >= 0.3 is 0 Å². The molecule has 1 rings (SSSR count). The molecule has 5 heteroatoms. The van der Waals surface area contributed by atoms with Crippen molar-refractivity contribution in [2.75, 3.05) is 13.2 Å². The fourth-order valence-corrected chi connectivity index (χ4v) is 1.65. The molecule has 0 aromatic heterocycles. The highest BCUT2D eigenvalue weighted by Crippen LogP contribution is 2.25. The fourth-order valence-electron chi connectivity index (χ4n) is 1.18. The lowest BCUT2D eigenvalue weighted by atomic mass is 10.1. The highest BCUT2D eigenvalue weighted by Gasteiger charge is 2.16. The molecule has 0 heterocycles. The lowest BCUT2D eigenvalue weighted by Crippen LogP contribution is -2.09. The molecule has 1 aromatic rings. The molecule has 0 fully saturated rings. The topological polar surface area (TPSA) is 26.3 Å². The number of carbonyl (C=O) groups is 1. The summed E-state index contributed by atoms with van der Waals surface area (Å²) in [5.74, 6) is -1.14. The first-order chi connectivity index (χ1) is 7.97. The Bertz CT molecular complexity index is 458. The third kappa shape index (κ3) is 3.53. The maximum atomic E-state index is 13.2. The highest BCUT2D eigenvalue weighted by atomic mass is 35.5. The first-order valence-electron chi connectivity index (χ1n) is 4.92. The van der Waals surface area contributed by atoms with E-state index in [0.29, 0.717) is 6.61 Å². The number of ketones is 1. The van der Waals surface area contributed by atoms with Crippen molar-refractivity contribution in [3.8, 4) is 0 Å². The Labute approximate surface area is 109 Å². The second-order valence-electron chi connectivity index (χ2n) is 3.32. The van der Waals surface area contributed by atoms with Crippen LogP contribution in [0.5, 0.6) is 0 Å². The van der Waals surface area contributed by atoms with Gasteiger partial charge in [0.25, 0.3) is 0 Å². The molecular formula is C12H11Cl2FO2. The van der Waals surface area contributed by atoms with Crippen LogP contribution in [0.2, 0.25) is 10.0 Å².